The Bertz CT molecular complexity index is 446. The maximum atomic E-state index is 12.1. The van der Waals surface area contributed by atoms with Gasteiger partial charge in [0.05, 0.1) is 12.5 Å². The number of aryl methyl sites for hydroxylation is 1. The zero-order valence-corrected chi connectivity index (χ0v) is 12.5. The Balaban J connectivity index is 2.65. The molecule has 1 N–H and O–H groups in total. The summed E-state index contributed by atoms with van der Waals surface area (Å²) in [5, 5.41) is 9.86. The van der Waals surface area contributed by atoms with Gasteiger partial charge in [0.15, 0.2) is 0 Å². The van der Waals surface area contributed by atoms with Crippen LogP contribution in [0.5, 0.6) is 0 Å². The summed E-state index contributed by atoms with van der Waals surface area (Å²) in [5.41, 5.74) is 1.48. The monoisotopic (exact) mass is 330 g/mol. The van der Waals surface area contributed by atoms with E-state index in [0.29, 0.717) is 5.56 Å². The predicted molar refractivity (Wildman–Crippen MR) is 72.0 cm³/mol. The smallest absolute Gasteiger partial charge is 0.391 e. The maximum absolute atomic E-state index is 12.1. The summed E-state index contributed by atoms with van der Waals surface area (Å²) in [6, 6.07) is 1.63. The molecule has 1 heterocycles. The van der Waals surface area contributed by atoms with Crippen molar-refractivity contribution in [3.05, 3.63) is 27.5 Å². The number of hydrogen-bond acceptors (Lipinski definition) is 3. The van der Waals surface area contributed by atoms with Crippen LogP contribution in [0.15, 0.2) is 6.07 Å². The van der Waals surface area contributed by atoms with Gasteiger partial charge in [0, 0.05) is 18.7 Å². The lowest BCUT2D eigenvalue weighted by molar-refractivity contribution is -0.155. The minimum absolute atomic E-state index is 0.113. The van der Waals surface area contributed by atoms with E-state index >= 15 is 0 Å². The second-order valence-electron chi connectivity index (χ2n) is 4.70. The number of rotatable bonds is 5. The highest BCUT2D eigenvalue weighted by atomic mass is 35.5. The van der Waals surface area contributed by atoms with Crippen molar-refractivity contribution in [1.29, 1.82) is 0 Å². The van der Waals surface area contributed by atoms with Crippen LogP contribution in [0.25, 0.3) is 0 Å². The number of halogens is 5. The number of aromatic nitrogens is 1. The fraction of sp³-hybridized carbons (Fsp3) is 0.583. The molecule has 0 radical (unpaired) electrons. The highest BCUT2D eigenvalue weighted by molar-refractivity contribution is 6.33. The first-order valence-electron chi connectivity index (χ1n) is 5.83. The maximum Gasteiger partial charge on any atom is 0.391 e. The molecule has 0 aliphatic carbocycles. The molecule has 0 bridgehead atoms. The normalized spacial score (nSPS) is 13.8. The topological polar surface area (TPSA) is 36.4 Å². The molecular formula is C12H15Cl2F3N2O. The Morgan fingerprint density at radius 3 is 2.50 bits per heavy atom. The van der Waals surface area contributed by atoms with Gasteiger partial charge in [-0.15, -0.1) is 0 Å². The Labute approximate surface area is 125 Å². The van der Waals surface area contributed by atoms with Crippen LogP contribution in [0.2, 0.25) is 10.3 Å². The number of nitrogens with zero attached hydrogens (tertiary/aromatic N) is 2. The van der Waals surface area contributed by atoms with E-state index in [1.165, 1.54) is 0 Å². The van der Waals surface area contributed by atoms with Crippen LogP contribution in [-0.2, 0) is 6.54 Å². The van der Waals surface area contributed by atoms with Crippen molar-refractivity contribution in [2.24, 2.45) is 0 Å². The highest BCUT2D eigenvalue weighted by Crippen LogP contribution is 2.24. The predicted octanol–water partition coefficient (Wildman–Crippen LogP) is 3.44. The SMILES string of the molecule is Cc1cc(Cl)nc(Cl)c1CN(C)C[C@H](O)CC(F)(F)F. The Kier molecular flexibility index (Phi) is 6.06. The fourth-order valence-electron chi connectivity index (χ4n) is 1.84. The van der Waals surface area contributed by atoms with Crippen molar-refractivity contribution < 1.29 is 18.3 Å². The first-order chi connectivity index (χ1) is 9.08. The lowest BCUT2D eigenvalue weighted by Gasteiger charge is -2.22. The summed E-state index contributed by atoms with van der Waals surface area (Å²) in [7, 11) is 1.60. The molecule has 1 atom stereocenters. The van der Waals surface area contributed by atoms with Crippen molar-refractivity contribution in [2.45, 2.75) is 32.2 Å². The van der Waals surface area contributed by atoms with Crippen LogP contribution >= 0.6 is 23.2 Å². The number of hydrogen-bond donors (Lipinski definition) is 1. The number of pyridine rings is 1. The molecule has 8 heteroatoms. The molecule has 0 aromatic carbocycles. The number of likely N-dealkylation sites (N-methyl/N-ethyl adjacent to an activating group) is 1. The third-order valence-electron chi connectivity index (χ3n) is 2.68. The van der Waals surface area contributed by atoms with Gasteiger partial charge in [0.2, 0.25) is 0 Å². The Morgan fingerprint density at radius 1 is 1.40 bits per heavy atom. The first-order valence-corrected chi connectivity index (χ1v) is 6.59. The van der Waals surface area contributed by atoms with Crippen LogP contribution in [-0.4, -0.2) is 40.9 Å². The summed E-state index contributed by atoms with van der Waals surface area (Å²) >= 11 is 11.7. The molecule has 0 saturated carbocycles. The second-order valence-corrected chi connectivity index (χ2v) is 5.45. The molecule has 0 amide bonds. The van der Waals surface area contributed by atoms with E-state index in [0.717, 1.165) is 5.56 Å². The van der Waals surface area contributed by atoms with Crippen LogP contribution in [0, 0.1) is 6.92 Å². The average molecular weight is 331 g/mol. The third kappa shape index (κ3) is 5.83. The van der Waals surface area contributed by atoms with E-state index in [2.05, 4.69) is 4.98 Å². The van der Waals surface area contributed by atoms with Crippen molar-refractivity contribution in [1.82, 2.24) is 9.88 Å². The second kappa shape index (κ2) is 6.93. The molecule has 0 fully saturated rings. The van der Waals surface area contributed by atoms with Crippen LogP contribution in [0.3, 0.4) is 0 Å². The summed E-state index contributed by atoms with van der Waals surface area (Å²) in [6.07, 6.45) is -7.09. The Hall–Kier alpha value is -0.560. The van der Waals surface area contributed by atoms with Gasteiger partial charge in [-0.05, 0) is 25.6 Å². The van der Waals surface area contributed by atoms with Gasteiger partial charge in [-0.1, -0.05) is 23.2 Å². The van der Waals surface area contributed by atoms with E-state index in [9.17, 15) is 18.3 Å². The zero-order chi connectivity index (χ0) is 15.5. The van der Waals surface area contributed by atoms with Gasteiger partial charge in [0.25, 0.3) is 0 Å². The van der Waals surface area contributed by atoms with Crippen molar-refractivity contribution in [2.75, 3.05) is 13.6 Å². The molecule has 20 heavy (non-hydrogen) atoms. The summed E-state index contributed by atoms with van der Waals surface area (Å²) < 4.78 is 36.4. The number of alkyl halides is 3. The van der Waals surface area contributed by atoms with E-state index in [4.69, 9.17) is 23.2 Å². The molecule has 1 aromatic heterocycles. The Morgan fingerprint density at radius 2 is 2.00 bits per heavy atom. The van der Waals surface area contributed by atoms with Gasteiger partial charge in [-0.2, -0.15) is 13.2 Å². The van der Waals surface area contributed by atoms with Crippen molar-refractivity contribution in [3.63, 3.8) is 0 Å². The summed E-state index contributed by atoms with van der Waals surface area (Å²) in [6.45, 7) is 1.95. The molecule has 0 unspecified atom stereocenters. The van der Waals surface area contributed by atoms with Gasteiger partial charge in [-0.3, -0.25) is 4.90 Å². The standard InChI is InChI=1S/C12H15Cl2F3N2O/c1-7-3-10(13)18-11(14)9(7)6-19(2)5-8(20)4-12(15,16)17/h3,8,20H,4-6H2,1-2H3/t8-/m1/s1. The molecular weight excluding hydrogens is 316 g/mol. The summed E-state index contributed by atoms with van der Waals surface area (Å²) in [5.74, 6) is 0. The summed E-state index contributed by atoms with van der Waals surface area (Å²) in [4.78, 5) is 5.44. The van der Waals surface area contributed by atoms with E-state index in [1.54, 1.807) is 24.9 Å². The molecule has 0 aliphatic rings. The van der Waals surface area contributed by atoms with Crippen LogP contribution in [0.1, 0.15) is 17.5 Å². The van der Waals surface area contributed by atoms with Gasteiger partial charge in [-0.25, -0.2) is 4.98 Å². The molecule has 1 rings (SSSR count). The van der Waals surface area contributed by atoms with Crippen molar-refractivity contribution in [3.8, 4) is 0 Å². The van der Waals surface area contributed by atoms with Gasteiger partial charge in [0.1, 0.15) is 10.3 Å². The number of aliphatic hydroxyl groups is 1. The molecule has 0 saturated heterocycles. The molecule has 1 aromatic rings. The van der Waals surface area contributed by atoms with Gasteiger partial charge < -0.3 is 5.11 Å². The fourth-order valence-corrected chi connectivity index (χ4v) is 2.43. The first kappa shape index (κ1) is 17.5. The van der Waals surface area contributed by atoms with Gasteiger partial charge >= 0.3 is 6.18 Å². The minimum Gasteiger partial charge on any atom is -0.391 e. The molecule has 3 nitrogen and oxygen atoms in total. The molecule has 0 aliphatic heterocycles. The minimum atomic E-state index is -4.38. The van der Waals surface area contributed by atoms with E-state index in [1.807, 2.05) is 0 Å². The third-order valence-corrected chi connectivity index (χ3v) is 3.19. The molecule has 0 spiro atoms. The van der Waals surface area contributed by atoms with E-state index in [-0.39, 0.29) is 23.4 Å². The number of aliphatic hydroxyl groups excluding tert-OH is 1. The van der Waals surface area contributed by atoms with E-state index < -0.39 is 18.7 Å². The zero-order valence-electron chi connectivity index (χ0n) is 11.0. The van der Waals surface area contributed by atoms with Crippen molar-refractivity contribution >= 4 is 23.2 Å². The van der Waals surface area contributed by atoms with Crippen LogP contribution < -0.4 is 0 Å². The average Bonchev–Trinajstić information content (AvgIpc) is 2.20. The van der Waals surface area contributed by atoms with Crippen LogP contribution in [0.4, 0.5) is 13.2 Å². The lowest BCUT2D eigenvalue weighted by Crippen LogP contribution is -2.32. The quantitative estimate of drug-likeness (QED) is 0.840. The lowest BCUT2D eigenvalue weighted by atomic mass is 10.1. The molecule has 114 valence electrons. The largest absolute Gasteiger partial charge is 0.391 e. The highest BCUT2D eigenvalue weighted by Gasteiger charge is 2.31.